The van der Waals surface area contributed by atoms with Crippen molar-refractivity contribution in [3.63, 3.8) is 0 Å². The molecule has 98 valence electrons. The van der Waals surface area contributed by atoms with Crippen LogP contribution in [0.2, 0.25) is 0 Å². The summed E-state index contributed by atoms with van der Waals surface area (Å²) in [6.45, 7) is 1.65. The zero-order chi connectivity index (χ0) is 12.5. The Hall–Kier alpha value is -0.880. The van der Waals surface area contributed by atoms with E-state index in [0.29, 0.717) is 6.42 Å². The van der Waals surface area contributed by atoms with E-state index in [2.05, 4.69) is 0 Å². The van der Waals surface area contributed by atoms with E-state index in [1.165, 1.54) is 0 Å². The van der Waals surface area contributed by atoms with Gasteiger partial charge >= 0.3 is 0 Å². The molecule has 1 aromatic carbocycles. The van der Waals surface area contributed by atoms with Crippen LogP contribution in [0.1, 0.15) is 18.9 Å². The first kappa shape index (κ1) is 16.1. The van der Waals surface area contributed by atoms with Crippen LogP contribution in [0.4, 0.5) is 22.0 Å². The van der Waals surface area contributed by atoms with Gasteiger partial charge in [-0.15, -0.1) is 12.4 Å². The van der Waals surface area contributed by atoms with E-state index in [1.807, 2.05) is 0 Å². The normalized spacial score (nSPS) is 12.2. The maximum Gasteiger partial charge on any atom is 0.200 e. The minimum absolute atomic E-state index is 0. The molecule has 0 saturated carbocycles. The smallest absolute Gasteiger partial charge is 0.200 e. The molecule has 1 aromatic rings. The van der Waals surface area contributed by atoms with E-state index in [9.17, 15) is 22.0 Å². The van der Waals surface area contributed by atoms with Crippen LogP contribution >= 0.6 is 12.4 Å². The van der Waals surface area contributed by atoms with Crippen molar-refractivity contribution in [2.45, 2.75) is 25.8 Å². The van der Waals surface area contributed by atoms with Gasteiger partial charge in [0.1, 0.15) is 0 Å². The molecule has 0 saturated heterocycles. The van der Waals surface area contributed by atoms with Crippen LogP contribution in [0.3, 0.4) is 0 Å². The van der Waals surface area contributed by atoms with Crippen LogP contribution in [0.15, 0.2) is 0 Å². The fourth-order valence-electron chi connectivity index (χ4n) is 1.24. The largest absolute Gasteiger partial charge is 0.327 e. The highest BCUT2D eigenvalue weighted by atomic mass is 35.5. The molecule has 17 heavy (non-hydrogen) atoms. The highest BCUT2D eigenvalue weighted by Crippen LogP contribution is 2.24. The maximum absolute atomic E-state index is 13.1. The lowest BCUT2D eigenvalue weighted by molar-refractivity contribution is 0.367. The summed E-state index contributed by atoms with van der Waals surface area (Å²) in [5.74, 6) is -9.63. The average molecular weight is 276 g/mol. The SMILES string of the molecule is CCC(N)Cc1c(F)c(F)c(F)c(F)c1F.Cl. The van der Waals surface area contributed by atoms with Gasteiger partial charge in [-0.05, 0) is 12.8 Å². The van der Waals surface area contributed by atoms with Gasteiger partial charge in [-0.1, -0.05) is 6.92 Å². The Morgan fingerprint density at radius 1 is 0.882 bits per heavy atom. The molecule has 1 atom stereocenters. The third kappa shape index (κ3) is 3.07. The van der Waals surface area contributed by atoms with Crippen molar-refractivity contribution < 1.29 is 22.0 Å². The van der Waals surface area contributed by atoms with Gasteiger partial charge in [0.15, 0.2) is 23.3 Å². The summed E-state index contributed by atoms with van der Waals surface area (Å²) in [5.41, 5.74) is 4.55. The number of benzene rings is 1. The quantitative estimate of drug-likeness (QED) is 0.512. The third-order valence-electron chi connectivity index (χ3n) is 2.29. The van der Waals surface area contributed by atoms with Gasteiger partial charge in [-0.25, -0.2) is 22.0 Å². The van der Waals surface area contributed by atoms with E-state index in [0.717, 1.165) is 0 Å². The zero-order valence-corrected chi connectivity index (χ0v) is 9.68. The van der Waals surface area contributed by atoms with E-state index in [4.69, 9.17) is 5.73 Å². The van der Waals surface area contributed by atoms with Crippen LogP contribution < -0.4 is 5.73 Å². The molecule has 0 heterocycles. The minimum Gasteiger partial charge on any atom is -0.327 e. The van der Waals surface area contributed by atoms with Crippen molar-refractivity contribution in [3.8, 4) is 0 Å². The van der Waals surface area contributed by atoms with Crippen LogP contribution in [0, 0.1) is 29.1 Å². The summed E-state index contributed by atoms with van der Waals surface area (Å²) in [5, 5.41) is 0. The Morgan fingerprint density at radius 2 is 1.24 bits per heavy atom. The Bertz CT molecular complexity index is 381. The van der Waals surface area contributed by atoms with Crippen LogP contribution in [-0.4, -0.2) is 6.04 Å². The molecule has 0 aromatic heterocycles. The average Bonchev–Trinajstić information content (AvgIpc) is 2.29. The first-order chi connectivity index (χ1) is 7.40. The van der Waals surface area contributed by atoms with E-state index in [-0.39, 0.29) is 18.8 Å². The number of hydrogen-bond acceptors (Lipinski definition) is 1. The number of nitrogens with two attached hydrogens (primary N) is 1. The Labute approximate surface area is 101 Å². The second kappa shape index (κ2) is 6.16. The number of hydrogen-bond donors (Lipinski definition) is 1. The molecule has 2 N–H and O–H groups in total. The van der Waals surface area contributed by atoms with Crippen LogP contribution in [0.25, 0.3) is 0 Å². The minimum atomic E-state index is -2.15. The molecule has 7 heteroatoms. The molecular weight excluding hydrogens is 265 g/mol. The maximum atomic E-state index is 13.1. The second-order valence-corrected chi connectivity index (χ2v) is 3.42. The summed E-state index contributed by atoms with van der Waals surface area (Å²) in [6.07, 6.45) is -0.0121. The van der Waals surface area contributed by atoms with Gasteiger partial charge in [-0.2, -0.15) is 0 Å². The number of halogens is 6. The fourth-order valence-corrected chi connectivity index (χ4v) is 1.24. The number of rotatable bonds is 3. The van der Waals surface area contributed by atoms with Crippen molar-refractivity contribution in [1.29, 1.82) is 0 Å². The molecule has 0 spiro atoms. The lowest BCUT2D eigenvalue weighted by Gasteiger charge is -2.11. The zero-order valence-electron chi connectivity index (χ0n) is 8.87. The van der Waals surface area contributed by atoms with E-state index < -0.39 is 40.7 Å². The Morgan fingerprint density at radius 3 is 1.59 bits per heavy atom. The Kier molecular flexibility index (Phi) is 5.84. The second-order valence-electron chi connectivity index (χ2n) is 3.42. The summed E-state index contributed by atoms with van der Waals surface area (Å²) in [7, 11) is 0. The summed E-state index contributed by atoms with van der Waals surface area (Å²) in [6, 6.07) is -0.645. The van der Waals surface area contributed by atoms with Gasteiger partial charge in [-0.3, -0.25) is 0 Å². The molecule has 0 aliphatic heterocycles. The molecular formula is C10H11ClF5N. The van der Waals surface area contributed by atoms with Crippen molar-refractivity contribution in [2.75, 3.05) is 0 Å². The summed E-state index contributed by atoms with van der Waals surface area (Å²) in [4.78, 5) is 0. The predicted octanol–water partition coefficient (Wildman–Crippen LogP) is 3.08. The van der Waals surface area contributed by atoms with Crippen molar-refractivity contribution in [1.82, 2.24) is 0 Å². The fraction of sp³-hybridized carbons (Fsp3) is 0.400. The molecule has 0 amide bonds. The van der Waals surface area contributed by atoms with Crippen LogP contribution in [-0.2, 0) is 6.42 Å². The van der Waals surface area contributed by atoms with Gasteiger partial charge < -0.3 is 5.73 Å². The van der Waals surface area contributed by atoms with Gasteiger partial charge in [0.25, 0.3) is 0 Å². The first-order valence-electron chi connectivity index (χ1n) is 4.66. The summed E-state index contributed by atoms with van der Waals surface area (Å²) >= 11 is 0. The molecule has 0 aliphatic carbocycles. The highest BCUT2D eigenvalue weighted by molar-refractivity contribution is 5.85. The van der Waals surface area contributed by atoms with Gasteiger partial charge in [0.2, 0.25) is 5.82 Å². The van der Waals surface area contributed by atoms with Crippen molar-refractivity contribution >= 4 is 12.4 Å². The topological polar surface area (TPSA) is 26.0 Å². The lowest BCUT2D eigenvalue weighted by Crippen LogP contribution is -2.23. The molecule has 0 fully saturated rings. The third-order valence-corrected chi connectivity index (χ3v) is 2.29. The van der Waals surface area contributed by atoms with Crippen molar-refractivity contribution in [3.05, 3.63) is 34.6 Å². The molecule has 1 unspecified atom stereocenters. The molecule has 1 rings (SSSR count). The van der Waals surface area contributed by atoms with Gasteiger partial charge in [0, 0.05) is 11.6 Å². The van der Waals surface area contributed by atoms with E-state index >= 15 is 0 Å². The van der Waals surface area contributed by atoms with Crippen molar-refractivity contribution in [2.24, 2.45) is 5.73 Å². The van der Waals surface area contributed by atoms with E-state index in [1.54, 1.807) is 6.92 Å². The molecule has 0 radical (unpaired) electrons. The van der Waals surface area contributed by atoms with Gasteiger partial charge in [0.05, 0.1) is 0 Å². The monoisotopic (exact) mass is 275 g/mol. The Balaban J connectivity index is 0.00000256. The molecule has 1 nitrogen and oxygen atoms in total. The highest BCUT2D eigenvalue weighted by Gasteiger charge is 2.26. The first-order valence-corrected chi connectivity index (χ1v) is 4.66. The molecule has 0 bridgehead atoms. The molecule has 0 aliphatic rings. The van der Waals surface area contributed by atoms with Crippen LogP contribution in [0.5, 0.6) is 0 Å². The predicted molar refractivity (Wildman–Crippen MR) is 55.5 cm³/mol. The standard InChI is InChI=1S/C10H10F5N.ClH/c1-2-4(16)3-5-6(11)8(13)10(15)9(14)7(5)12;/h4H,2-3,16H2,1H3;1H. The summed E-state index contributed by atoms with van der Waals surface area (Å²) < 4.78 is 64.4. The lowest BCUT2D eigenvalue weighted by atomic mass is 10.0.